The molecule has 0 atom stereocenters. The Bertz CT molecular complexity index is 686. The van der Waals surface area contributed by atoms with Crippen LogP contribution in [0.2, 0.25) is 5.15 Å². The fourth-order valence-corrected chi connectivity index (χ4v) is 1.92. The summed E-state index contributed by atoms with van der Waals surface area (Å²) in [6, 6.07) is 7.22. The minimum Gasteiger partial charge on any atom is -0.465 e. The maximum absolute atomic E-state index is 12.8. The van der Waals surface area contributed by atoms with E-state index in [9.17, 15) is 18.0 Å². The van der Waals surface area contributed by atoms with Crippen molar-refractivity contribution >= 4 is 17.6 Å². The van der Waals surface area contributed by atoms with Gasteiger partial charge >= 0.3 is 12.1 Å². The molecule has 0 spiro atoms. The third-order valence-electron chi connectivity index (χ3n) is 2.73. The first-order valence-corrected chi connectivity index (χ1v) is 6.13. The molecule has 0 unspecified atom stereocenters. The molecule has 1 heterocycles. The van der Waals surface area contributed by atoms with Gasteiger partial charge in [-0.15, -0.1) is 0 Å². The van der Waals surface area contributed by atoms with Gasteiger partial charge in [-0.25, -0.2) is 9.78 Å². The van der Waals surface area contributed by atoms with Gasteiger partial charge in [0.2, 0.25) is 0 Å². The number of ether oxygens (including phenoxy) is 1. The fourth-order valence-electron chi connectivity index (χ4n) is 1.77. The van der Waals surface area contributed by atoms with Crippen LogP contribution in [0.25, 0.3) is 11.3 Å². The van der Waals surface area contributed by atoms with Crippen LogP contribution >= 0.6 is 11.6 Å². The molecule has 0 saturated heterocycles. The van der Waals surface area contributed by atoms with Gasteiger partial charge < -0.3 is 4.74 Å². The second-order valence-corrected chi connectivity index (χ2v) is 4.49. The highest BCUT2D eigenvalue weighted by Gasteiger charge is 2.31. The number of methoxy groups -OCH3 is 1. The fraction of sp³-hybridized carbons (Fsp3) is 0.143. The Kier molecular flexibility index (Phi) is 4.18. The summed E-state index contributed by atoms with van der Waals surface area (Å²) in [6.45, 7) is 0. The van der Waals surface area contributed by atoms with Crippen LogP contribution in [-0.4, -0.2) is 18.1 Å². The van der Waals surface area contributed by atoms with Crippen LogP contribution in [0.1, 0.15) is 15.9 Å². The van der Waals surface area contributed by atoms with E-state index >= 15 is 0 Å². The van der Waals surface area contributed by atoms with Gasteiger partial charge in [0.05, 0.1) is 23.9 Å². The predicted octanol–water partition coefficient (Wildman–Crippen LogP) is 4.21. The zero-order valence-corrected chi connectivity index (χ0v) is 11.5. The Hall–Kier alpha value is -2.08. The molecule has 0 amide bonds. The molecule has 0 fully saturated rings. The topological polar surface area (TPSA) is 39.2 Å². The van der Waals surface area contributed by atoms with E-state index in [1.54, 1.807) is 0 Å². The molecule has 1 aromatic carbocycles. The van der Waals surface area contributed by atoms with Crippen LogP contribution in [0.5, 0.6) is 0 Å². The number of hydrogen-bond acceptors (Lipinski definition) is 3. The lowest BCUT2D eigenvalue weighted by Crippen LogP contribution is -2.07. The van der Waals surface area contributed by atoms with E-state index in [0.717, 1.165) is 12.1 Å². The van der Waals surface area contributed by atoms with Crippen molar-refractivity contribution in [2.45, 2.75) is 6.18 Å². The highest BCUT2D eigenvalue weighted by Crippen LogP contribution is 2.33. The van der Waals surface area contributed by atoms with Gasteiger partial charge in [-0.1, -0.05) is 23.7 Å². The molecule has 3 nitrogen and oxygen atoms in total. The SMILES string of the molecule is COC(=O)c1ccc(Cl)nc1-c1cccc(C(F)(F)F)c1. The molecule has 0 saturated carbocycles. The van der Waals surface area contributed by atoms with Crippen LogP contribution in [0, 0.1) is 0 Å². The van der Waals surface area contributed by atoms with E-state index in [1.807, 2.05) is 0 Å². The summed E-state index contributed by atoms with van der Waals surface area (Å²) in [4.78, 5) is 15.6. The van der Waals surface area contributed by atoms with E-state index in [4.69, 9.17) is 11.6 Å². The monoisotopic (exact) mass is 315 g/mol. The average molecular weight is 316 g/mol. The van der Waals surface area contributed by atoms with Crippen LogP contribution in [-0.2, 0) is 10.9 Å². The number of carbonyl (C=O) groups excluding carboxylic acids is 1. The van der Waals surface area contributed by atoms with E-state index < -0.39 is 17.7 Å². The summed E-state index contributed by atoms with van der Waals surface area (Å²) in [5, 5.41) is 0.0649. The summed E-state index contributed by atoms with van der Waals surface area (Å²) >= 11 is 5.76. The maximum Gasteiger partial charge on any atom is 0.416 e. The average Bonchev–Trinajstić information content (AvgIpc) is 2.45. The molecule has 0 aliphatic carbocycles. The summed E-state index contributed by atoms with van der Waals surface area (Å²) in [7, 11) is 1.17. The molecule has 110 valence electrons. The van der Waals surface area contributed by atoms with Crippen LogP contribution in [0.3, 0.4) is 0 Å². The molecule has 7 heteroatoms. The van der Waals surface area contributed by atoms with Gasteiger partial charge in [0.1, 0.15) is 5.15 Å². The molecule has 0 bridgehead atoms. The summed E-state index contributed by atoms with van der Waals surface area (Å²) in [6.07, 6.45) is -4.49. The number of esters is 1. The molecular formula is C14H9ClF3NO2. The number of pyridine rings is 1. The Morgan fingerprint density at radius 2 is 1.95 bits per heavy atom. The van der Waals surface area contributed by atoms with Crippen LogP contribution in [0.15, 0.2) is 36.4 Å². The standard InChI is InChI=1S/C14H9ClF3NO2/c1-21-13(20)10-5-6-11(15)19-12(10)8-3-2-4-9(7-8)14(16,17)18/h2-7H,1H3. The lowest BCUT2D eigenvalue weighted by atomic mass is 10.0. The summed E-state index contributed by atoms with van der Waals surface area (Å²) in [5.41, 5.74) is -0.619. The number of nitrogens with zero attached hydrogens (tertiary/aromatic N) is 1. The molecule has 21 heavy (non-hydrogen) atoms. The molecule has 0 N–H and O–H groups in total. The second-order valence-electron chi connectivity index (χ2n) is 4.10. The van der Waals surface area contributed by atoms with Gasteiger partial charge in [-0.05, 0) is 24.3 Å². The van der Waals surface area contributed by atoms with E-state index in [-0.39, 0.29) is 22.0 Å². The maximum atomic E-state index is 12.8. The number of hydrogen-bond donors (Lipinski definition) is 0. The summed E-state index contributed by atoms with van der Waals surface area (Å²) in [5.74, 6) is -0.702. The first kappa shape index (κ1) is 15.3. The van der Waals surface area contributed by atoms with E-state index in [0.29, 0.717) is 0 Å². The Balaban J connectivity index is 2.61. The molecular weight excluding hydrogens is 307 g/mol. The van der Waals surface area contributed by atoms with Crippen molar-refractivity contribution in [3.05, 3.63) is 52.7 Å². The minimum absolute atomic E-state index is 0.0421. The molecule has 1 aromatic heterocycles. The smallest absolute Gasteiger partial charge is 0.416 e. The van der Waals surface area contributed by atoms with Crippen molar-refractivity contribution in [1.29, 1.82) is 0 Å². The minimum atomic E-state index is -4.49. The first-order chi connectivity index (χ1) is 9.82. The van der Waals surface area contributed by atoms with Crippen molar-refractivity contribution in [3.8, 4) is 11.3 Å². The number of alkyl halides is 3. The van der Waals surface area contributed by atoms with Crippen LogP contribution < -0.4 is 0 Å². The zero-order valence-electron chi connectivity index (χ0n) is 10.7. The molecule has 0 aliphatic heterocycles. The van der Waals surface area contributed by atoms with Gasteiger partial charge in [0, 0.05) is 5.56 Å². The van der Waals surface area contributed by atoms with Gasteiger partial charge in [-0.2, -0.15) is 13.2 Å². The van der Waals surface area contributed by atoms with Crippen LogP contribution in [0.4, 0.5) is 13.2 Å². The summed E-state index contributed by atoms with van der Waals surface area (Å²) < 4.78 is 42.8. The lowest BCUT2D eigenvalue weighted by molar-refractivity contribution is -0.137. The van der Waals surface area contributed by atoms with E-state index in [1.165, 1.54) is 31.4 Å². The second kappa shape index (κ2) is 5.73. The lowest BCUT2D eigenvalue weighted by Gasteiger charge is -2.11. The van der Waals surface area contributed by atoms with Gasteiger partial charge in [0.15, 0.2) is 0 Å². The third kappa shape index (κ3) is 3.33. The normalized spacial score (nSPS) is 11.3. The van der Waals surface area contributed by atoms with Crippen molar-refractivity contribution < 1.29 is 22.7 Å². The van der Waals surface area contributed by atoms with Crippen molar-refractivity contribution in [2.75, 3.05) is 7.11 Å². The predicted molar refractivity (Wildman–Crippen MR) is 71.0 cm³/mol. The molecule has 0 radical (unpaired) electrons. The molecule has 0 aliphatic rings. The van der Waals surface area contributed by atoms with Crippen molar-refractivity contribution in [2.24, 2.45) is 0 Å². The zero-order chi connectivity index (χ0) is 15.6. The molecule has 2 rings (SSSR count). The third-order valence-corrected chi connectivity index (χ3v) is 2.94. The highest BCUT2D eigenvalue weighted by atomic mass is 35.5. The largest absolute Gasteiger partial charge is 0.465 e. The Morgan fingerprint density at radius 3 is 2.57 bits per heavy atom. The van der Waals surface area contributed by atoms with Crippen molar-refractivity contribution in [1.82, 2.24) is 4.98 Å². The highest BCUT2D eigenvalue weighted by molar-refractivity contribution is 6.29. The Morgan fingerprint density at radius 1 is 1.24 bits per heavy atom. The van der Waals surface area contributed by atoms with Crippen molar-refractivity contribution in [3.63, 3.8) is 0 Å². The number of carbonyl (C=O) groups is 1. The molecule has 2 aromatic rings. The number of aromatic nitrogens is 1. The Labute approximate surface area is 123 Å². The number of halogens is 4. The number of rotatable bonds is 2. The van der Waals surface area contributed by atoms with Gasteiger partial charge in [0.25, 0.3) is 0 Å². The number of benzene rings is 1. The van der Waals surface area contributed by atoms with Gasteiger partial charge in [-0.3, -0.25) is 0 Å². The first-order valence-electron chi connectivity index (χ1n) is 5.75. The van der Waals surface area contributed by atoms with E-state index in [2.05, 4.69) is 9.72 Å². The quantitative estimate of drug-likeness (QED) is 0.615.